The number of carbonyl (C=O) groups excluding carboxylic acids is 1. The molecule has 0 atom stereocenters. The molecule has 1 amide bonds. The molecule has 1 aromatic heterocycles. The SMILES string of the molecule is Cl.Cl.NC1(C(=O)N2CCN(c3ncc(C(F)(F)F)cc3Cl)CC2)CCOCC1. The number of carbonyl (C=O) groups is 1. The first-order valence-corrected chi connectivity index (χ1v) is 8.72. The first-order chi connectivity index (χ1) is 12.2. The fourth-order valence-corrected chi connectivity index (χ4v) is 3.49. The summed E-state index contributed by atoms with van der Waals surface area (Å²) in [7, 11) is 0. The molecule has 1 aromatic rings. The average Bonchev–Trinajstić information content (AvgIpc) is 2.61. The molecule has 0 aromatic carbocycles. The molecule has 2 fully saturated rings. The van der Waals surface area contributed by atoms with Crippen LogP contribution in [0.15, 0.2) is 12.3 Å². The highest BCUT2D eigenvalue weighted by atomic mass is 35.5. The second kappa shape index (κ2) is 9.67. The molecule has 2 aliphatic rings. The molecule has 0 saturated carbocycles. The van der Waals surface area contributed by atoms with Gasteiger partial charge in [-0.15, -0.1) is 24.8 Å². The van der Waals surface area contributed by atoms with Crippen LogP contribution in [-0.2, 0) is 15.7 Å². The fraction of sp³-hybridized carbons (Fsp3) is 0.625. The van der Waals surface area contributed by atoms with Gasteiger partial charge >= 0.3 is 6.18 Å². The fourth-order valence-electron chi connectivity index (χ4n) is 3.20. The lowest BCUT2D eigenvalue weighted by atomic mass is 9.89. The van der Waals surface area contributed by atoms with E-state index in [-0.39, 0.29) is 35.7 Å². The lowest BCUT2D eigenvalue weighted by Gasteiger charge is -2.41. The minimum absolute atomic E-state index is 0. The Bertz CT molecular complexity index is 680. The van der Waals surface area contributed by atoms with E-state index in [9.17, 15) is 18.0 Å². The summed E-state index contributed by atoms with van der Waals surface area (Å²) >= 11 is 5.99. The monoisotopic (exact) mass is 464 g/mol. The van der Waals surface area contributed by atoms with E-state index in [2.05, 4.69) is 4.98 Å². The number of alkyl halides is 3. The second-order valence-corrected chi connectivity index (χ2v) is 6.98. The van der Waals surface area contributed by atoms with E-state index in [1.165, 1.54) is 0 Å². The third kappa shape index (κ3) is 5.33. The van der Waals surface area contributed by atoms with Gasteiger partial charge in [0.25, 0.3) is 0 Å². The van der Waals surface area contributed by atoms with Crippen LogP contribution in [0.25, 0.3) is 0 Å². The first-order valence-electron chi connectivity index (χ1n) is 8.34. The van der Waals surface area contributed by atoms with Crippen LogP contribution in [-0.4, -0.2) is 60.7 Å². The summed E-state index contributed by atoms with van der Waals surface area (Å²) < 4.78 is 43.4. The number of hydrogen-bond donors (Lipinski definition) is 1. The standard InChI is InChI=1S/C16H20ClF3N4O2.2ClH/c17-12-9-11(16(18,19)20)10-22-13(12)23-3-5-24(6-4-23)14(25)15(21)1-7-26-8-2-15;;/h9-10H,1-8,21H2;2*1H. The number of nitrogens with two attached hydrogens (primary N) is 1. The van der Waals surface area contributed by atoms with Gasteiger partial charge in [0.15, 0.2) is 0 Å². The van der Waals surface area contributed by atoms with Crippen LogP contribution in [0, 0.1) is 0 Å². The number of aromatic nitrogens is 1. The summed E-state index contributed by atoms with van der Waals surface area (Å²) in [6.07, 6.45) is -2.74. The van der Waals surface area contributed by atoms with Crippen LogP contribution in [0.1, 0.15) is 18.4 Å². The largest absolute Gasteiger partial charge is 0.417 e. The molecule has 0 aliphatic carbocycles. The zero-order valence-electron chi connectivity index (χ0n) is 14.9. The second-order valence-electron chi connectivity index (χ2n) is 6.57. The molecule has 0 radical (unpaired) electrons. The average molecular weight is 466 g/mol. The van der Waals surface area contributed by atoms with Crippen molar-refractivity contribution < 1.29 is 22.7 Å². The van der Waals surface area contributed by atoms with Crippen LogP contribution in [0.3, 0.4) is 0 Å². The van der Waals surface area contributed by atoms with Crippen molar-refractivity contribution in [2.75, 3.05) is 44.3 Å². The Kier molecular flexibility index (Phi) is 8.64. The molecule has 2 aliphatic heterocycles. The number of piperazine rings is 1. The highest BCUT2D eigenvalue weighted by Crippen LogP contribution is 2.34. The molecular formula is C16H22Cl3F3N4O2. The van der Waals surface area contributed by atoms with Crippen LogP contribution < -0.4 is 10.6 Å². The van der Waals surface area contributed by atoms with E-state index >= 15 is 0 Å². The molecule has 12 heteroatoms. The number of ether oxygens (including phenoxy) is 1. The molecule has 6 nitrogen and oxygen atoms in total. The Morgan fingerprint density at radius 3 is 2.25 bits per heavy atom. The van der Waals surface area contributed by atoms with E-state index in [1.54, 1.807) is 9.80 Å². The van der Waals surface area contributed by atoms with Gasteiger partial charge in [-0.25, -0.2) is 4.98 Å². The molecule has 3 heterocycles. The van der Waals surface area contributed by atoms with Crippen LogP contribution in [0.5, 0.6) is 0 Å². The summed E-state index contributed by atoms with van der Waals surface area (Å²) in [4.78, 5) is 20.0. The molecular weight excluding hydrogens is 444 g/mol. The van der Waals surface area contributed by atoms with E-state index < -0.39 is 17.3 Å². The van der Waals surface area contributed by atoms with Gasteiger partial charge < -0.3 is 20.3 Å². The van der Waals surface area contributed by atoms with E-state index in [0.717, 1.165) is 12.3 Å². The molecule has 160 valence electrons. The quantitative estimate of drug-likeness (QED) is 0.727. The molecule has 0 bridgehead atoms. The number of hydrogen-bond acceptors (Lipinski definition) is 5. The lowest BCUT2D eigenvalue weighted by Crippen LogP contribution is -2.61. The van der Waals surface area contributed by atoms with Gasteiger partial charge in [-0.1, -0.05) is 11.6 Å². The van der Waals surface area contributed by atoms with E-state index in [1.807, 2.05) is 0 Å². The zero-order valence-corrected chi connectivity index (χ0v) is 17.3. The van der Waals surface area contributed by atoms with E-state index in [0.29, 0.717) is 58.1 Å². The smallest absolute Gasteiger partial charge is 0.381 e. The summed E-state index contributed by atoms with van der Waals surface area (Å²) in [5.41, 5.74) is 4.45. The minimum atomic E-state index is -4.49. The number of halogens is 6. The number of rotatable bonds is 2. The van der Waals surface area contributed by atoms with Gasteiger partial charge in [0.05, 0.1) is 16.1 Å². The predicted octanol–water partition coefficient (Wildman–Crippen LogP) is 2.75. The van der Waals surface area contributed by atoms with Crippen molar-refractivity contribution in [2.45, 2.75) is 24.6 Å². The van der Waals surface area contributed by atoms with Gasteiger partial charge in [-0.05, 0) is 18.9 Å². The summed E-state index contributed by atoms with van der Waals surface area (Å²) in [5.74, 6) is 0.187. The molecule has 0 spiro atoms. The summed E-state index contributed by atoms with van der Waals surface area (Å²) in [6, 6.07) is 0.873. The van der Waals surface area contributed by atoms with Crippen molar-refractivity contribution in [3.63, 3.8) is 0 Å². The topological polar surface area (TPSA) is 71.7 Å². The summed E-state index contributed by atoms with van der Waals surface area (Å²) in [6.45, 7) is 2.61. The minimum Gasteiger partial charge on any atom is -0.381 e. The molecule has 2 N–H and O–H groups in total. The first kappa shape index (κ1) is 25.0. The van der Waals surface area contributed by atoms with Crippen LogP contribution in [0.2, 0.25) is 5.02 Å². The Balaban J connectivity index is 0.00000196. The molecule has 2 saturated heterocycles. The van der Waals surface area contributed by atoms with Crippen LogP contribution in [0.4, 0.5) is 19.0 Å². The van der Waals surface area contributed by atoms with Crippen molar-refractivity contribution in [1.29, 1.82) is 0 Å². The van der Waals surface area contributed by atoms with Gasteiger partial charge in [0.2, 0.25) is 5.91 Å². The van der Waals surface area contributed by atoms with Crippen molar-refractivity contribution in [3.8, 4) is 0 Å². The summed E-state index contributed by atoms with van der Waals surface area (Å²) in [5, 5.41) is -0.0562. The maximum atomic E-state index is 12.7. The third-order valence-corrected chi connectivity index (χ3v) is 5.10. The number of nitrogens with zero attached hydrogens (tertiary/aromatic N) is 3. The number of pyridine rings is 1. The highest BCUT2D eigenvalue weighted by molar-refractivity contribution is 6.33. The number of anilines is 1. The van der Waals surface area contributed by atoms with Gasteiger partial charge in [0.1, 0.15) is 5.82 Å². The Labute approximate surface area is 178 Å². The third-order valence-electron chi connectivity index (χ3n) is 4.83. The zero-order chi connectivity index (χ0) is 18.9. The van der Waals surface area contributed by atoms with E-state index in [4.69, 9.17) is 22.1 Å². The Morgan fingerprint density at radius 1 is 1.18 bits per heavy atom. The number of amides is 1. The van der Waals surface area contributed by atoms with Crippen molar-refractivity contribution in [1.82, 2.24) is 9.88 Å². The van der Waals surface area contributed by atoms with Gasteiger partial charge in [-0.2, -0.15) is 13.2 Å². The van der Waals surface area contributed by atoms with Crippen molar-refractivity contribution in [3.05, 3.63) is 22.8 Å². The predicted molar refractivity (Wildman–Crippen MR) is 105 cm³/mol. The van der Waals surface area contributed by atoms with Gasteiger partial charge in [0, 0.05) is 45.6 Å². The Morgan fingerprint density at radius 2 is 1.75 bits per heavy atom. The normalized spacial score (nSPS) is 19.5. The maximum Gasteiger partial charge on any atom is 0.417 e. The molecule has 0 unspecified atom stereocenters. The maximum absolute atomic E-state index is 12.7. The van der Waals surface area contributed by atoms with Crippen molar-refractivity contribution >= 4 is 48.1 Å². The highest BCUT2D eigenvalue weighted by Gasteiger charge is 2.40. The molecule has 3 rings (SSSR count). The molecule has 28 heavy (non-hydrogen) atoms. The van der Waals surface area contributed by atoms with Gasteiger partial charge in [-0.3, -0.25) is 4.79 Å². The van der Waals surface area contributed by atoms with Crippen LogP contribution >= 0.6 is 36.4 Å². The Hall–Kier alpha value is -1.00. The van der Waals surface area contributed by atoms with Crippen molar-refractivity contribution in [2.24, 2.45) is 5.73 Å². The lowest BCUT2D eigenvalue weighted by molar-refractivity contribution is -0.141.